The maximum Gasteiger partial charge on any atom is 0.340 e. The molecule has 0 amide bonds. The van der Waals surface area contributed by atoms with Crippen LogP contribution in [0.3, 0.4) is 0 Å². The quantitative estimate of drug-likeness (QED) is 0.854. The van der Waals surface area contributed by atoms with E-state index in [4.69, 9.17) is 14.6 Å². The summed E-state index contributed by atoms with van der Waals surface area (Å²) in [4.78, 5) is 24.9. The number of carboxylic acid groups (broad SMARTS) is 1. The van der Waals surface area contributed by atoms with E-state index in [2.05, 4.69) is 0 Å². The third-order valence-corrected chi connectivity index (χ3v) is 3.75. The Morgan fingerprint density at radius 3 is 2.86 bits per heavy atom. The monoisotopic (exact) mass is 289 g/mol. The summed E-state index contributed by atoms with van der Waals surface area (Å²) in [6.07, 6.45) is 1.58. The van der Waals surface area contributed by atoms with Crippen LogP contribution in [0.15, 0.2) is 30.0 Å². The standard InChI is InChI=1S/C15H15NO5/c1-2-16-7-10(15(18)19)12(17)6-11(16)9-3-4-13-14(5-9)21-8-20-13/h3-5,7,11H,2,6,8H2,1H3,(H,18,19). The Labute approximate surface area is 121 Å². The van der Waals surface area contributed by atoms with Gasteiger partial charge in [-0.05, 0) is 24.6 Å². The largest absolute Gasteiger partial charge is 0.478 e. The highest BCUT2D eigenvalue weighted by Crippen LogP contribution is 2.38. The summed E-state index contributed by atoms with van der Waals surface area (Å²) in [5.74, 6) is -0.188. The first kappa shape index (κ1) is 13.5. The van der Waals surface area contributed by atoms with Gasteiger partial charge >= 0.3 is 5.97 Å². The van der Waals surface area contributed by atoms with E-state index < -0.39 is 5.97 Å². The molecule has 0 aliphatic carbocycles. The fourth-order valence-corrected chi connectivity index (χ4v) is 2.65. The molecule has 1 atom stereocenters. The second-order valence-electron chi connectivity index (χ2n) is 4.93. The maximum atomic E-state index is 12.0. The van der Waals surface area contributed by atoms with E-state index >= 15 is 0 Å². The summed E-state index contributed by atoms with van der Waals surface area (Å²) in [6, 6.07) is 5.36. The number of fused-ring (bicyclic) bond motifs is 1. The van der Waals surface area contributed by atoms with E-state index in [0.717, 1.165) is 5.56 Å². The summed E-state index contributed by atoms with van der Waals surface area (Å²) in [5, 5.41) is 9.05. The van der Waals surface area contributed by atoms with E-state index in [0.29, 0.717) is 18.0 Å². The lowest BCUT2D eigenvalue weighted by molar-refractivity contribution is -0.135. The number of carboxylic acids is 1. The summed E-state index contributed by atoms with van der Waals surface area (Å²) < 4.78 is 10.6. The molecule has 2 aliphatic heterocycles. The second kappa shape index (κ2) is 5.12. The number of rotatable bonds is 3. The van der Waals surface area contributed by atoms with Gasteiger partial charge in [0.15, 0.2) is 17.3 Å². The number of ether oxygens (including phenoxy) is 2. The molecule has 1 aromatic rings. The lowest BCUT2D eigenvalue weighted by Gasteiger charge is -2.33. The first-order chi connectivity index (χ1) is 10.1. The van der Waals surface area contributed by atoms with E-state index in [1.165, 1.54) is 6.20 Å². The molecule has 1 unspecified atom stereocenters. The van der Waals surface area contributed by atoms with Crippen LogP contribution in [0, 0.1) is 0 Å². The Bertz CT molecular complexity index is 637. The highest BCUT2D eigenvalue weighted by atomic mass is 16.7. The van der Waals surface area contributed by atoms with Crippen LogP contribution in [0.1, 0.15) is 24.9 Å². The first-order valence-electron chi connectivity index (χ1n) is 6.73. The van der Waals surface area contributed by atoms with E-state index in [9.17, 15) is 9.59 Å². The lowest BCUT2D eigenvalue weighted by atomic mass is 9.93. The van der Waals surface area contributed by atoms with Crippen LogP contribution >= 0.6 is 0 Å². The average molecular weight is 289 g/mol. The number of hydrogen-bond acceptors (Lipinski definition) is 5. The van der Waals surface area contributed by atoms with Gasteiger partial charge in [0.1, 0.15) is 5.57 Å². The third kappa shape index (κ3) is 2.33. The van der Waals surface area contributed by atoms with Gasteiger partial charge in [-0.1, -0.05) is 6.07 Å². The lowest BCUT2D eigenvalue weighted by Crippen LogP contribution is -2.33. The van der Waals surface area contributed by atoms with Gasteiger partial charge in [-0.3, -0.25) is 4.79 Å². The summed E-state index contributed by atoms with van der Waals surface area (Å²) in [5.41, 5.74) is 0.754. The average Bonchev–Trinajstić information content (AvgIpc) is 2.93. The van der Waals surface area contributed by atoms with Crippen LogP contribution < -0.4 is 9.47 Å². The van der Waals surface area contributed by atoms with E-state index in [-0.39, 0.29) is 30.6 Å². The molecule has 1 N–H and O–H groups in total. The molecule has 3 rings (SSSR count). The predicted molar refractivity (Wildman–Crippen MR) is 73.0 cm³/mol. The normalized spacial score (nSPS) is 20.4. The molecule has 0 aromatic heterocycles. The molecule has 2 heterocycles. The zero-order chi connectivity index (χ0) is 15.0. The fourth-order valence-electron chi connectivity index (χ4n) is 2.65. The Kier molecular flexibility index (Phi) is 3.29. The van der Waals surface area contributed by atoms with Gasteiger partial charge in [-0.15, -0.1) is 0 Å². The zero-order valence-corrected chi connectivity index (χ0v) is 11.5. The molecular formula is C15H15NO5. The first-order valence-corrected chi connectivity index (χ1v) is 6.73. The molecule has 0 bridgehead atoms. The van der Waals surface area contributed by atoms with Crippen molar-refractivity contribution < 1.29 is 24.2 Å². The molecule has 6 nitrogen and oxygen atoms in total. The van der Waals surface area contributed by atoms with Crippen LogP contribution in [0.2, 0.25) is 0 Å². The van der Waals surface area contributed by atoms with Crippen molar-refractivity contribution in [1.29, 1.82) is 0 Å². The topological polar surface area (TPSA) is 76.1 Å². The third-order valence-electron chi connectivity index (χ3n) is 3.75. The molecule has 2 aliphatic rings. The molecular weight excluding hydrogens is 274 g/mol. The van der Waals surface area contributed by atoms with Crippen molar-refractivity contribution in [3.05, 3.63) is 35.5 Å². The minimum Gasteiger partial charge on any atom is -0.478 e. The minimum absolute atomic E-state index is 0.144. The van der Waals surface area contributed by atoms with Gasteiger partial charge in [0.05, 0.1) is 6.04 Å². The van der Waals surface area contributed by atoms with Crippen LogP contribution in [-0.2, 0) is 9.59 Å². The number of nitrogens with zero attached hydrogens (tertiary/aromatic N) is 1. The zero-order valence-electron chi connectivity index (χ0n) is 11.5. The number of ketones is 1. The molecule has 0 spiro atoms. The predicted octanol–water partition coefficient (Wildman–Crippen LogP) is 1.72. The number of benzene rings is 1. The van der Waals surface area contributed by atoms with Crippen LogP contribution in [-0.4, -0.2) is 35.1 Å². The number of Topliss-reactive ketones (excluding diaryl/α,β-unsaturated/α-hetero) is 1. The van der Waals surface area contributed by atoms with Gasteiger partial charge in [0.2, 0.25) is 6.79 Å². The van der Waals surface area contributed by atoms with Gasteiger partial charge in [0, 0.05) is 19.2 Å². The molecule has 0 radical (unpaired) electrons. The van der Waals surface area contributed by atoms with Crippen LogP contribution in [0.5, 0.6) is 11.5 Å². The smallest absolute Gasteiger partial charge is 0.340 e. The Balaban J connectivity index is 1.95. The summed E-state index contributed by atoms with van der Waals surface area (Å²) in [6.45, 7) is 2.73. The molecule has 0 fully saturated rings. The fraction of sp³-hybridized carbons (Fsp3) is 0.333. The van der Waals surface area contributed by atoms with E-state index in [1.54, 1.807) is 0 Å². The highest BCUT2D eigenvalue weighted by Gasteiger charge is 2.31. The second-order valence-corrected chi connectivity index (χ2v) is 4.93. The Morgan fingerprint density at radius 1 is 1.38 bits per heavy atom. The van der Waals surface area contributed by atoms with Gasteiger partial charge < -0.3 is 19.5 Å². The van der Waals surface area contributed by atoms with Gasteiger partial charge in [-0.25, -0.2) is 4.79 Å². The molecule has 6 heteroatoms. The van der Waals surface area contributed by atoms with Crippen molar-refractivity contribution in [1.82, 2.24) is 4.90 Å². The van der Waals surface area contributed by atoms with Crippen molar-refractivity contribution in [2.24, 2.45) is 0 Å². The minimum atomic E-state index is -1.18. The number of aliphatic carboxylic acids is 1. The summed E-state index contributed by atoms with van der Waals surface area (Å²) in [7, 11) is 0. The van der Waals surface area contributed by atoms with Crippen molar-refractivity contribution in [3.63, 3.8) is 0 Å². The van der Waals surface area contributed by atoms with Crippen molar-refractivity contribution in [2.75, 3.05) is 13.3 Å². The molecule has 1 aromatic carbocycles. The van der Waals surface area contributed by atoms with Crippen molar-refractivity contribution in [2.45, 2.75) is 19.4 Å². The molecule has 21 heavy (non-hydrogen) atoms. The maximum absolute atomic E-state index is 12.0. The molecule has 0 saturated heterocycles. The van der Waals surface area contributed by atoms with Gasteiger partial charge in [-0.2, -0.15) is 0 Å². The van der Waals surface area contributed by atoms with Crippen molar-refractivity contribution >= 4 is 11.8 Å². The molecule has 0 saturated carbocycles. The summed E-state index contributed by atoms with van der Waals surface area (Å²) >= 11 is 0. The Morgan fingerprint density at radius 2 is 2.14 bits per heavy atom. The number of hydrogen-bond donors (Lipinski definition) is 1. The van der Waals surface area contributed by atoms with E-state index in [1.807, 2.05) is 30.0 Å². The number of carbonyl (C=O) groups is 2. The van der Waals surface area contributed by atoms with Crippen LogP contribution in [0.4, 0.5) is 0 Å². The van der Waals surface area contributed by atoms with Crippen LogP contribution in [0.25, 0.3) is 0 Å². The molecule has 110 valence electrons. The SMILES string of the molecule is CCN1C=C(C(=O)O)C(=O)CC1c1ccc2c(c1)OCO2. The van der Waals surface area contributed by atoms with Gasteiger partial charge in [0.25, 0.3) is 0 Å². The highest BCUT2D eigenvalue weighted by molar-refractivity contribution is 6.17. The number of carbonyl (C=O) groups excluding carboxylic acids is 1. The van der Waals surface area contributed by atoms with Crippen molar-refractivity contribution in [3.8, 4) is 11.5 Å². The Hall–Kier alpha value is -2.50.